The normalized spacial score (nSPS) is 26.8. The Kier molecular flexibility index (Phi) is 6.49. The van der Waals surface area contributed by atoms with Crippen molar-refractivity contribution >= 4 is 41.5 Å². The third-order valence-corrected chi connectivity index (χ3v) is 5.05. The molecule has 3 rings (SSSR count). The molecule has 3 unspecified atom stereocenters. The number of rotatable bonds is 3. The van der Waals surface area contributed by atoms with E-state index < -0.39 is 0 Å². The fourth-order valence-corrected chi connectivity index (χ4v) is 3.57. The van der Waals surface area contributed by atoms with Crippen molar-refractivity contribution in [2.75, 3.05) is 18.0 Å². The van der Waals surface area contributed by atoms with Crippen LogP contribution in [0.15, 0.2) is 24.3 Å². The van der Waals surface area contributed by atoms with Crippen LogP contribution in [-0.4, -0.2) is 37.0 Å². The number of halogens is 2. The molecule has 2 aliphatic rings. The first kappa shape index (κ1) is 19.0. The van der Waals surface area contributed by atoms with Crippen LogP contribution >= 0.6 is 24.0 Å². The van der Waals surface area contributed by atoms with Gasteiger partial charge < -0.3 is 15.5 Å². The molecule has 2 amide bonds. The lowest BCUT2D eigenvalue weighted by atomic mass is 9.98. The second kappa shape index (κ2) is 8.19. The molecule has 0 aliphatic carbocycles. The van der Waals surface area contributed by atoms with Gasteiger partial charge in [0.1, 0.15) is 0 Å². The van der Waals surface area contributed by atoms with Crippen LogP contribution in [0, 0.1) is 5.92 Å². The zero-order valence-corrected chi connectivity index (χ0v) is 15.2. The number of benzene rings is 1. The topological polar surface area (TPSA) is 61.4 Å². The number of amides is 2. The van der Waals surface area contributed by atoms with Gasteiger partial charge in [0.2, 0.25) is 11.8 Å². The standard InChI is InChI=1S/C17H22ClN3O2.ClH/c1-11-14(6-4-8-19-11)20-17(23)12-9-16(22)21(10-12)15-7-3-2-5-13(15)18;/h2-3,5,7,11-12,14,19H,4,6,8-10H2,1H3,(H,20,23);1H. The van der Waals surface area contributed by atoms with Crippen LogP contribution in [0.2, 0.25) is 5.02 Å². The molecule has 2 aliphatic heterocycles. The van der Waals surface area contributed by atoms with E-state index in [0.717, 1.165) is 19.4 Å². The molecule has 2 N–H and O–H groups in total. The van der Waals surface area contributed by atoms with E-state index in [0.29, 0.717) is 17.3 Å². The highest BCUT2D eigenvalue weighted by atomic mass is 35.5. The summed E-state index contributed by atoms with van der Waals surface area (Å²) in [5, 5.41) is 7.01. The molecule has 3 atom stereocenters. The Bertz CT molecular complexity index is 611. The fourth-order valence-electron chi connectivity index (χ4n) is 3.33. The van der Waals surface area contributed by atoms with Gasteiger partial charge in [0.25, 0.3) is 0 Å². The van der Waals surface area contributed by atoms with E-state index in [1.165, 1.54) is 0 Å². The summed E-state index contributed by atoms with van der Waals surface area (Å²) < 4.78 is 0. The lowest BCUT2D eigenvalue weighted by Crippen LogP contribution is -2.53. The van der Waals surface area contributed by atoms with Gasteiger partial charge >= 0.3 is 0 Å². The number of carbonyl (C=O) groups is 2. The molecule has 0 spiro atoms. The zero-order valence-electron chi connectivity index (χ0n) is 13.6. The Balaban J connectivity index is 0.00000208. The number of hydrogen-bond donors (Lipinski definition) is 2. The number of piperidine rings is 1. The van der Waals surface area contributed by atoms with Crippen molar-refractivity contribution in [3.8, 4) is 0 Å². The van der Waals surface area contributed by atoms with Crippen molar-refractivity contribution in [3.63, 3.8) is 0 Å². The minimum Gasteiger partial charge on any atom is -0.352 e. The van der Waals surface area contributed by atoms with Gasteiger partial charge in [0.05, 0.1) is 16.6 Å². The fraction of sp³-hybridized carbons (Fsp3) is 0.529. The molecule has 1 aromatic carbocycles. The molecule has 2 heterocycles. The predicted molar refractivity (Wildman–Crippen MR) is 97.8 cm³/mol. The van der Waals surface area contributed by atoms with Gasteiger partial charge in [-0.1, -0.05) is 23.7 Å². The lowest BCUT2D eigenvalue weighted by Gasteiger charge is -2.31. The van der Waals surface area contributed by atoms with Crippen molar-refractivity contribution in [1.29, 1.82) is 0 Å². The van der Waals surface area contributed by atoms with E-state index in [9.17, 15) is 9.59 Å². The first-order valence-corrected chi connectivity index (χ1v) is 8.52. The summed E-state index contributed by atoms with van der Waals surface area (Å²) in [5.41, 5.74) is 0.683. The second-order valence-electron chi connectivity index (χ2n) is 6.36. The van der Waals surface area contributed by atoms with Gasteiger partial charge in [-0.25, -0.2) is 0 Å². The largest absolute Gasteiger partial charge is 0.352 e. The van der Waals surface area contributed by atoms with Gasteiger partial charge in [-0.05, 0) is 38.4 Å². The van der Waals surface area contributed by atoms with Gasteiger partial charge in [-0.3, -0.25) is 9.59 Å². The van der Waals surface area contributed by atoms with Crippen LogP contribution < -0.4 is 15.5 Å². The van der Waals surface area contributed by atoms with E-state index in [1.54, 1.807) is 11.0 Å². The molecule has 0 radical (unpaired) electrons. The van der Waals surface area contributed by atoms with Gasteiger partial charge in [0, 0.05) is 25.0 Å². The Morgan fingerprint density at radius 3 is 2.83 bits per heavy atom. The third kappa shape index (κ3) is 4.02. The molecule has 2 fully saturated rings. The Morgan fingerprint density at radius 1 is 1.38 bits per heavy atom. The van der Waals surface area contributed by atoms with Gasteiger partial charge in [0.15, 0.2) is 0 Å². The molecule has 2 saturated heterocycles. The summed E-state index contributed by atoms with van der Waals surface area (Å²) in [6.07, 6.45) is 2.28. The minimum absolute atomic E-state index is 0. The average Bonchev–Trinajstić information content (AvgIpc) is 2.92. The van der Waals surface area contributed by atoms with Gasteiger partial charge in [-0.2, -0.15) is 0 Å². The van der Waals surface area contributed by atoms with Crippen molar-refractivity contribution in [2.45, 2.75) is 38.3 Å². The maximum absolute atomic E-state index is 12.5. The van der Waals surface area contributed by atoms with Crippen LogP contribution in [0.25, 0.3) is 0 Å². The second-order valence-corrected chi connectivity index (χ2v) is 6.76. The van der Waals surface area contributed by atoms with E-state index >= 15 is 0 Å². The van der Waals surface area contributed by atoms with E-state index in [4.69, 9.17) is 11.6 Å². The molecule has 1 aromatic rings. The van der Waals surface area contributed by atoms with E-state index in [1.807, 2.05) is 18.2 Å². The van der Waals surface area contributed by atoms with Crippen LogP contribution in [0.1, 0.15) is 26.2 Å². The Labute approximate surface area is 153 Å². The number of hydrogen-bond acceptors (Lipinski definition) is 3. The Hall–Kier alpha value is -1.30. The smallest absolute Gasteiger partial charge is 0.227 e. The monoisotopic (exact) mass is 371 g/mol. The summed E-state index contributed by atoms with van der Waals surface area (Å²) in [6, 6.07) is 7.65. The molecule has 0 aromatic heterocycles. The number of anilines is 1. The highest BCUT2D eigenvalue weighted by Crippen LogP contribution is 2.31. The number of para-hydroxylation sites is 1. The predicted octanol–water partition coefficient (Wildman–Crippen LogP) is 2.37. The summed E-state index contributed by atoms with van der Waals surface area (Å²) >= 11 is 6.17. The maximum Gasteiger partial charge on any atom is 0.227 e. The molecule has 0 bridgehead atoms. The molecule has 7 heteroatoms. The number of nitrogens with one attached hydrogen (secondary N) is 2. The quantitative estimate of drug-likeness (QED) is 0.857. The van der Waals surface area contributed by atoms with E-state index in [2.05, 4.69) is 17.6 Å². The van der Waals surface area contributed by atoms with Crippen molar-refractivity contribution < 1.29 is 9.59 Å². The van der Waals surface area contributed by atoms with Crippen LogP contribution in [-0.2, 0) is 9.59 Å². The summed E-state index contributed by atoms with van der Waals surface area (Å²) in [5.74, 6) is -0.394. The van der Waals surface area contributed by atoms with E-state index in [-0.39, 0.29) is 48.6 Å². The van der Waals surface area contributed by atoms with Crippen molar-refractivity contribution in [2.24, 2.45) is 5.92 Å². The SMILES string of the molecule is CC1NCCCC1NC(=O)C1CC(=O)N(c2ccccc2Cl)C1.Cl. The first-order valence-electron chi connectivity index (χ1n) is 8.15. The summed E-state index contributed by atoms with van der Waals surface area (Å²) in [6.45, 7) is 3.47. The number of nitrogens with zero attached hydrogens (tertiary/aromatic N) is 1. The average molecular weight is 372 g/mol. The summed E-state index contributed by atoms with van der Waals surface area (Å²) in [4.78, 5) is 26.4. The molecule has 132 valence electrons. The molecule has 5 nitrogen and oxygen atoms in total. The third-order valence-electron chi connectivity index (χ3n) is 4.73. The maximum atomic E-state index is 12.5. The highest BCUT2D eigenvalue weighted by Gasteiger charge is 2.37. The molecular formula is C17H23Cl2N3O2. The first-order chi connectivity index (χ1) is 11.1. The molecular weight excluding hydrogens is 349 g/mol. The van der Waals surface area contributed by atoms with Crippen LogP contribution in [0.5, 0.6) is 0 Å². The molecule has 24 heavy (non-hydrogen) atoms. The number of carbonyl (C=O) groups excluding carboxylic acids is 2. The highest BCUT2D eigenvalue weighted by molar-refractivity contribution is 6.33. The zero-order chi connectivity index (χ0) is 16.4. The lowest BCUT2D eigenvalue weighted by molar-refractivity contribution is -0.127. The van der Waals surface area contributed by atoms with Crippen LogP contribution in [0.3, 0.4) is 0 Å². The van der Waals surface area contributed by atoms with Crippen molar-refractivity contribution in [3.05, 3.63) is 29.3 Å². The summed E-state index contributed by atoms with van der Waals surface area (Å²) in [7, 11) is 0. The Morgan fingerprint density at radius 2 is 2.12 bits per heavy atom. The van der Waals surface area contributed by atoms with Crippen molar-refractivity contribution in [1.82, 2.24) is 10.6 Å². The minimum atomic E-state index is -0.312. The van der Waals surface area contributed by atoms with Crippen LogP contribution in [0.4, 0.5) is 5.69 Å². The molecule has 0 saturated carbocycles. The van der Waals surface area contributed by atoms with Gasteiger partial charge in [-0.15, -0.1) is 12.4 Å².